The second kappa shape index (κ2) is 3.47. The Bertz CT molecular complexity index is 412. The number of anilines is 1. The molecule has 2 aliphatic rings. The molecule has 0 unspecified atom stereocenters. The molecule has 0 aromatic carbocycles. The van der Waals surface area contributed by atoms with Gasteiger partial charge in [-0.25, -0.2) is 4.98 Å². The summed E-state index contributed by atoms with van der Waals surface area (Å²) < 4.78 is 0. The van der Waals surface area contributed by atoms with E-state index in [2.05, 4.69) is 42.8 Å². The second-order valence-corrected chi connectivity index (χ2v) is 7.03. The molecule has 2 fully saturated rings. The first kappa shape index (κ1) is 11.1. The minimum Gasteiger partial charge on any atom is -0.353 e. The Morgan fingerprint density at radius 3 is 2.76 bits per heavy atom. The average molecular weight is 230 g/mol. The van der Waals surface area contributed by atoms with Crippen LogP contribution in [0.25, 0.3) is 0 Å². The molecule has 0 radical (unpaired) electrons. The first-order valence-electron chi connectivity index (χ1n) is 6.65. The summed E-state index contributed by atoms with van der Waals surface area (Å²) >= 11 is 0. The molecule has 2 bridgehead atoms. The molecule has 0 N–H and O–H groups in total. The van der Waals surface area contributed by atoms with Crippen molar-refractivity contribution in [3.8, 4) is 0 Å². The van der Waals surface area contributed by atoms with Crippen LogP contribution < -0.4 is 4.90 Å². The van der Waals surface area contributed by atoms with Crippen LogP contribution in [0.2, 0.25) is 0 Å². The van der Waals surface area contributed by atoms with E-state index in [1.165, 1.54) is 31.6 Å². The molecule has 1 aliphatic carbocycles. The van der Waals surface area contributed by atoms with E-state index < -0.39 is 0 Å². The van der Waals surface area contributed by atoms with Crippen LogP contribution in [0.15, 0.2) is 24.4 Å². The fourth-order valence-electron chi connectivity index (χ4n) is 4.25. The van der Waals surface area contributed by atoms with Gasteiger partial charge in [0, 0.05) is 18.8 Å². The zero-order valence-corrected chi connectivity index (χ0v) is 11.1. The van der Waals surface area contributed by atoms with Crippen molar-refractivity contribution in [1.29, 1.82) is 0 Å². The lowest BCUT2D eigenvalue weighted by Crippen LogP contribution is -2.34. The van der Waals surface area contributed by atoms with Crippen LogP contribution in [0.5, 0.6) is 0 Å². The summed E-state index contributed by atoms with van der Waals surface area (Å²) in [6, 6.07) is 6.94. The Hall–Kier alpha value is -1.05. The highest BCUT2D eigenvalue weighted by Crippen LogP contribution is 2.53. The molecular weight excluding hydrogens is 208 g/mol. The van der Waals surface area contributed by atoms with E-state index in [9.17, 15) is 0 Å². The van der Waals surface area contributed by atoms with Gasteiger partial charge in [0.25, 0.3) is 0 Å². The lowest BCUT2D eigenvalue weighted by molar-refractivity contribution is 0.136. The Labute approximate surface area is 104 Å². The summed E-state index contributed by atoms with van der Waals surface area (Å²) in [6.45, 7) is 8.46. The fraction of sp³-hybridized carbons (Fsp3) is 0.667. The molecule has 2 nitrogen and oxygen atoms in total. The molecule has 0 amide bonds. The second-order valence-electron chi connectivity index (χ2n) is 7.03. The monoisotopic (exact) mass is 230 g/mol. The normalized spacial score (nSPS) is 35.0. The van der Waals surface area contributed by atoms with Crippen LogP contribution in [-0.2, 0) is 0 Å². The Morgan fingerprint density at radius 2 is 2.06 bits per heavy atom. The largest absolute Gasteiger partial charge is 0.353 e. The summed E-state index contributed by atoms with van der Waals surface area (Å²) in [5.74, 6) is 1.17. The van der Waals surface area contributed by atoms with Crippen LogP contribution in [0.4, 0.5) is 5.82 Å². The van der Waals surface area contributed by atoms with Gasteiger partial charge in [0.2, 0.25) is 0 Å². The van der Waals surface area contributed by atoms with Crippen molar-refractivity contribution in [2.45, 2.75) is 46.1 Å². The van der Waals surface area contributed by atoms with Gasteiger partial charge in [0.05, 0.1) is 0 Å². The molecule has 0 spiro atoms. The molecule has 17 heavy (non-hydrogen) atoms. The lowest BCUT2D eigenvalue weighted by Gasteiger charge is -2.39. The number of hydrogen-bond donors (Lipinski definition) is 0. The maximum absolute atomic E-state index is 4.53. The van der Waals surface area contributed by atoms with Gasteiger partial charge in [-0.05, 0) is 42.2 Å². The molecule has 92 valence electrons. The van der Waals surface area contributed by atoms with E-state index in [1.54, 1.807) is 0 Å². The molecule has 1 aromatic heterocycles. The molecular formula is C15H22N2. The van der Waals surface area contributed by atoms with E-state index >= 15 is 0 Å². The van der Waals surface area contributed by atoms with Gasteiger partial charge < -0.3 is 4.90 Å². The van der Waals surface area contributed by atoms with Gasteiger partial charge in [0.15, 0.2) is 0 Å². The smallest absolute Gasteiger partial charge is 0.128 e. The first-order valence-corrected chi connectivity index (χ1v) is 6.65. The van der Waals surface area contributed by atoms with Gasteiger partial charge >= 0.3 is 0 Å². The minimum absolute atomic E-state index is 0.487. The van der Waals surface area contributed by atoms with Crippen LogP contribution in [0, 0.1) is 10.8 Å². The van der Waals surface area contributed by atoms with Crippen LogP contribution in [0.3, 0.4) is 0 Å². The standard InChI is InChI=1S/C15H22N2/c1-14(2)8-12-9-15(3,10-14)11-17(12)13-6-4-5-7-16-13/h4-7,12H,8-11H2,1-3H3/t12-,15+/m0/s1. The van der Waals surface area contributed by atoms with Crippen LogP contribution in [-0.4, -0.2) is 17.6 Å². The number of aromatic nitrogens is 1. The van der Waals surface area contributed by atoms with Crippen LogP contribution in [0.1, 0.15) is 40.0 Å². The maximum Gasteiger partial charge on any atom is 0.128 e. The predicted molar refractivity (Wildman–Crippen MR) is 71.1 cm³/mol. The van der Waals surface area contributed by atoms with Crippen molar-refractivity contribution in [3.05, 3.63) is 24.4 Å². The van der Waals surface area contributed by atoms with Gasteiger partial charge in [-0.15, -0.1) is 0 Å². The first-order chi connectivity index (χ1) is 7.98. The number of pyridine rings is 1. The molecule has 1 aromatic rings. The molecule has 2 heterocycles. The summed E-state index contributed by atoms with van der Waals surface area (Å²) in [5.41, 5.74) is 0.977. The van der Waals surface area contributed by atoms with Gasteiger partial charge in [-0.3, -0.25) is 0 Å². The van der Waals surface area contributed by atoms with Crippen molar-refractivity contribution < 1.29 is 0 Å². The summed E-state index contributed by atoms with van der Waals surface area (Å²) in [5, 5.41) is 0. The third-order valence-corrected chi connectivity index (χ3v) is 4.36. The SMILES string of the molecule is CC1(C)C[C@H]2C[C@@](C)(CN2c2ccccn2)C1. The third kappa shape index (κ3) is 1.94. The number of nitrogens with zero attached hydrogens (tertiary/aromatic N) is 2. The van der Waals surface area contributed by atoms with Crippen molar-refractivity contribution in [3.63, 3.8) is 0 Å². The van der Waals surface area contributed by atoms with Gasteiger partial charge in [-0.2, -0.15) is 0 Å². The fourth-order valence-corrected chi connectivity index (χ4v) is 4.25. The zero-order valence-electron chi connectivity index (χ0n) is 11.1. The van der Waals surface area contributed by atoms with E-state index in [4.69, 9.17) is 0 Å². The van der Waals surface area contributed by atoms with E-state index in [-0.39, 0.29) is 0 Å². The number of fused-ring (bicyclic) bond motifs is 2. The Morgan fingerprint density at radius 1 is 1.24 bits per heavy atom. The predicted octanol–water partition coefficient (Wildman–Crippen LogP) is 3.49. The minimum atomic E-state index is 0.487. The molecule has 1 saturated carbocycles. The Balaban J connectivity index is 1.91. The highest BCUT2D eigenvalue weighted by molar-refractivity contribution is 5.42. The molecule has 2 heteroatoms. The highest BCUT2D eigenvalue weighted by atomic mass is 15.2. The van der Waals surface area contributed by atoms with Gasteiger partial charge in [0.1, 0.15) is 5.82 Å². The van der Waals surface area contributed by atoms with Crippen molar-refractivity contribution >= 4 is 5.82 Å². The topological polar surface area (TPSA) is 16.1 Å². The zero-order chi connectivity index (χ0) is 12.1. The molecule has 2 atom stereocenters. The van der Waals surface area contributed by atoms with Crippen LogP contribution >= 0.6 is 0 Å². The summed E-state index contributed by atoms with van der Waals surface area (Å²) in [7, 11) is 0. The number of rotatable bonds is 1. The average Bonchev–Trinajstić information content (AvgIpc) is 2.49. The third-order valence-electron chi connectivity index (χ3n) is 4.36. The van der Waals surface area contributed by atoms with E-state index in [1.807, 2.05) is 12.3 Å². The highest BCUT2D eigenvalue weighted by Gasteiger charge is 2.49. The maximum atomic E-state index is 4.53. The van der Waals surface area contributed by atoms with E-state index in [0.29, 0.717) is 16.9 Å². The van der Waals surface area contributed by atoms with E-state index in [0.717, 1.165) is 0 Å². The van der Waals surface area contributed by atoms with Gasteiger partial charge in [-0.1, -0.05) is 26.8 Å². The number of hydrogen-bond acceptors (Lipinski definition) is 2. The quantitative estimate of drug-likeness (QED) is 0.734. The molecule has 1 saturated heterocycles. The lowest BCUT2D eigenvalue weighted by atomic mass is 9.65. The van der Waals surface area contributed by atoms with Crippen molar-refractivity contribution in [2.75, 3.05) is 11.4 Å². The molecule has 3 rings (SSSR count). The summed E-state index contributed by atoms with van der Waals surface area (Å²) in [6.07, 6.45) is 5.90. The Kier molecular flexibility index (Phi) is 2.26. The van der Waals surface area contributed by atoms with Crippen molar-refractivity contribution in [1.82, 2.24) is 4.98 Å². The van der Waals surface area contributed by atoms with Crippen molar-refractivity contribution in [2.24, 2.45) is 10.8 Å². The molecule has 1 aliphatic heterocycles. The summed E-state index contributed by atoms with van der Waals surface area (Å²) in [4.78, 5) is 7.06.